The maximum Gasteiger partial charge on any atom is 0.123 e. The molecule has 0 aliphatic heterocycles. The Kier molecular flexibility index (Phi) is 4.19. The van der Waals surface area contributed by atoms with Crippen LogP contribution in [0.2, 0.25) is 0 Å². The second-order valence-corrected chi connectivity index (χ2v) is 6.22. The first kappa shape index (κ1) is 14.4. The highest BCUT2D eigenvalue weighted by atomic mass is 16.5. The molecule has 2 unspecified atom stereocenters. The average Bonchev–Trinajstić information content (AvgIpc) is 2.70. The number of hydrogen-bond donors (Lipinski definition) is 1. The van der Waals surface area contributed by atoms with Gasteiger partial charge in [-0.25, -0.2) is 0 Å². The Labute approximate surface area is 117 Å². The molecule has 2 nitrogen and oxygen atoms in total. The topological polar surface area (TPSA) is 21.3 Å². The fourth-order valence-corrected chi connectivity index (χ4v) is 3.79. The molecule has 2 rings (SSSR count). The van der Waals surface area contributed by atoms with Gasteiger partial charge in [-0.3, -0.25) is 0 Å². The molecule has 0 spiro atoms. The van der Waals surface area contributed by atoms with Gasteiger partial charge in [0.1, 0.15) is 5.75 Å². The second-order valence-electron chi connectivity index (χ2n) is 6.22. The molecule has 1 aliphatic rings. The van der Waals surface area contributed by atoms with Gasteiger partial charge in [-0.05, 0) is 62.3 Å². The number of methoxy groups -OCH3 is 1. The van der Waals surface area contributed by atoms with Gasteiger partial charge < -0.3 is 10.1 Å². The molecular weight excluding hydrogens is 234 g/mol. The highest BCUT2D eigenvalue weighted by molar-refractivity contribution is 5.48. The van der Waals surface area contributed by atoms with E-state index in [0.29, 0.717) is 6.04 Å². The summed E-state index contributed by atoms with van der Waals surface area (Å²) >= 11 is 0. The van der Waals surface area contributed by atoms with Crippen LogP contribution in [0.3, 0.4) is 0 Å². The normalized spacial score (nSPS) is 26.7. The summed E-state index contributed by atoms with van der Waals surface area (Å²) < 4.78 is 5.66. The number of benzene rings is 1. The Bertz CT molecular complexity index is 455. The number of ether oxygens (including phenoxy) is 1. The van der Waals surface area contributed by atoms with Crippen molar-refractivity contribution in [1.82, 2.24) is 5.32 Å². The molecule has 0 aromatic heterocycles. The van der Waals surface area contributed by atoms with E-state index < -0.39 is 0 Å². The highest BCUT2D eigenvalue weighted by Crippen LogP contribution is 2.46. The standard InChI is InChI=1S/C17H27NO/c1-6-18-14-7-8-17(4,11-14)16-13(3)9-12(2)10-15(16)19-5/h9-10,14,18H,6-8,11H2,1-5H3. The van der Waals surface area contributed by atoms with Crippen molar-refractivity contribution in [3.05, 3.63) is 28.8 Å². The maximum absolute atomic E-state index is 5.66. The van der Waals surface area contributed by atoms with E-state index in [-0.39, 0.29) is 5.41 Å². The van der Waals surface area contributed by atoms with E-state index in [9.17, 15) is 0 Å². The van der Waals surface area contributed by atoms with Crippen LogP contribution in [0.1, 0.15) is 49.8 Å². The monoisotopic (exact) mass is 261 g/mol. The Morgan fingerprint density at radius 3 is 2.74 bits per heavy atom. The molecule has 19 heavy (non-hydrogen) atoms. The number of aryl methyl sites for hydroxylation is 2. The fourth-order valence-electron chi connectivity index (χ4n) is 3.79. The molecule has 1 saturated carbocycles. The SMILES string of the molecule is CCNC1CCC(C)(c2c(C)cc(C)cc2OC)C1. The van der Waals surface area contributed by atoms with Crippen LogP contribution in [0.25, 0.3) is 0 Å². The zero-order chi connectivity index (χ0) is 14.0. The summed E-state index contributed by atoms with van der Waals surface area (Å²) in [7, 11) is 1.79. The summed E-state index contributed by atoms with van der Waals surface area (Å²) in [6, 6.07) is 5.11. The molecule has 2 heteroatoms. The van der Waals surface area contributed by atoms with Crippen molar-refractivity contribution in [3.63, 3.8) is 0 Å². The molecule has 1 aromatic rings. The van der Waals surface area contributed by atoms with E-state index in [1.165, 1.54) is 36.0 Å². The van der Waals surface area contributed by atoms with Crippen molar-refractivity contribution in [3.8, 4) is 5.75 Å². The van der Waals surface area contributed by atoms with E-state index in [0.717, 1.165) is 12.3 Å². The largest absolute Gasteiger partial charge is 0.496 e. The zero-order valence-corrected chi connectivity index (χ0v) is 13.0. The third kappa shape index (κ3) is 2.79. The van der Waals surface area contributed by atoms with Crippen LogP contribution in [0, 0.1) is 13.8 Å². The van der Waals surface area contributed by atoms with Gasteiger partial charge in [0.25, 0.3) is 0 Å². The molecule has 2 atom stereocenters. The first-order valence-electron chi connectivity index (χ1n) is 7.39. The predicted octanol–water partition coefficient (Wildman–Crippen LogP) is 3.73. The van der Waals surface area contributed by atoms with E-state index in [1.54, 1.807) is 7.11 Å². The van der Waals surface area contributed by atoms with Gasteiger partial charge >= 0.3 is 0 Å². The fraction of sp³-hybridized carbons (Fsp3) is 0.647. The third-order valence-electron chi connectivity index (χ3n) is 4.50. The Morgan fingerprint density at radius 2 is 2.11 bits per heavy atom. The Morgan fingerprint density at radius 1 is 1.37 bits per heavy atom. The maximum atomic E-state index is 5.66. The Hall–Kier alpha value is -1.02. The first-order chi connectivity index (χ1) is 9.00. The van der Waals surface area contributed by atoms with E-state index in [2.05, 4.69) is 45.1 Å². The highest BCUT2D eigenvalue weighted by Gasteiger charge is 2.39. The van der Waals surface area contributed by atoms with Gasteiger partial charge in [0.15, 0.2) is 0 Å². The van der Waals surface area contributed by atoms with Crippen LogP contribution in [-0.4, -0.2) is 19.7 Å². The van der Waals surface area contributed by atoms with Gasteiger partial charge in [-0.15, -0.1) is 0 Å². The molecule has 1 N–H and O–H groups in total. The van der Waals surface area contributed by atoms with Crippen LogP contribution in [0.4, 0.5) is 0 Å². The van der Waals surface area contributed by atoms with Crippen molar-refractivity contribution in [1.29, 1.82) is 0 Å². The lowest BCUT2D eigenvalue weighted by atomic mass is 9.77. The molecule has 1 fully saturated rings. The third-order valence-corrected chi connectivity index (χ3v) is 4.50. The molecule has 0 radical (unpaired) electrons. The number of hydrogen-bond acceptors (Lipinski definition) is 2. The lowest BCUT2D eigenvalue weighted by Crippen LogP contribution is -2.29. The molecule has 0 bridgehead atoms. The minimum atomic E-state index is 0.246. The van der Waals surface area contributed by atoms with Gasteiger partial charge in [0.2, 0.25) is 0 Å². The van der Waals surface area contributed by atoms with Crippen molar-refractivity contribution >= 4 is 0 Å². The molecule has 0 saturated heterocycles. The summed E-state index contributed by atoms with van der Waals surface area (Å²) in [5, 5.41) is 3.60. The van der Waals surface area contributed by atoms with Crippen LogP contribution in [-0.2, 0) is 5.41 Å². The number of nitrogens with one attached hydrogen (secondary N) is 1. The quantitative estimate of drug-likeness (QED) is 0.891. The lowest BCUT2D eigenvalue weighted by Gasteiger charge is -2.29. The molecule has 0 amide bonds. The van der Waals surface area contributed by atoms with Crippen molar-refractivity contribution in [2.45, 2.75) is 58.4 Å². The van der Waals surface area contributed by atoms with Gasteiger partial charge in [0.05, 0.1) is 7.11 Å². The van der Waals surface area contributed by atoms with Crippen LogP contribution in [0.15, 0.2) is 12.1 Å². The van der Waals surface area contributed by atoms with Crippen molar-refractivity contribution in [2.24, 2.45) is 0 Å². The summed E-state index contributed by atoms with van der Waals surface area (Å²) in [6.45, 7) is 10.00. The predicted molar refractivity (Wildman–Crippen MR) is 81.1 cm³/mol. The summed E-state index contributed by atoms with van der Waals surface area (Å²) in [4.78, 5) is 0. The average molecular weight is 261 g/mol. The molecule has 1 aliphatic carbocycles. The van der Waals surface area contributed by atoms with Gasteiger partial charge in [0, 0.05) is 11.6 Å². The minimum Gasteiger partial charge on any atom is -0.496 e. The van der Waals surface area contributed by atoms with Gasteiger partial charge in [-0.1, -0.05) is 19.9 Å². The van der Waals surface area contributed by atoms with Crippen molar-refractivity contribution < 1.29 is 4.74 Å². The van der Waals surface area contributed by atoms with Crippen molar-refractivity contribution in [2.75, 3.05) is 13.7 Å². The minimum absolute atomic E-state index is 0.246. The Balaban J connectivity index is 2.36. The van der Waals surface area contributed by atoms with Crippen LogP contribution >= 0.6 is 0 Å². The molecule has 1 aromatic carbocycles. The molecular formula is C17H27NO. The van der Waals surface area contributed by atoms with Crippen LogP contribution in [0.5, 0.6) is 5.75 Å². The first-order valence-corrected chi connectivity index (χ1v) is 7.39. The van der Waals surface area contributed by atoms with E-state index in [1.807, 2.05) is 0 Å². The molecule has 0 heterocycles. The second kappa shape index (κ2) is 5.54. The van der Waals surface area contributed by atoms with Gasteiger partial charge in [-0.2, -0.15) is 0 Å². The summed E-state index contributed by atoms with van der Waals surface area (Å²) in [6.07, 6.45) is 3.72. The lowest BCUT2D eigenvalue weighted by molar-refractivity contribution is 0.380. The van der Waals surface area contributed by atoms with E-state index >= 15 is 0 Å². The summed E-state index contributed by atoms with van der Waals surface area (Å²) in [5.41, 5.74) is 4.32. The number of rotatable bonds is 4. The summed E-state index contributed by atoms with van der Waals surface area (Å²) in [5.74, 6) is 1.07. The van der Waals surface area contributed by atoms with Crippen LogP contribution < -0.4 is 10.1 Å². The zero-order valence-electron chi connectivity index (χ0n) is 13.0. The smallest absolute Gasteiger partial charge is 0.123 e. The molecule has 106 valence electrons. The van der Waals surface area contributed by atoms with E-state index in [4.69, 9.17) is 4.74 Å².